The van der Waals surface area contributed by atoms with Gasteiger partial charge in [-0.15, -0.1) is 0 Å². The Kier molecular flexibility index (Phi) is 6.13. The Morgan fingerprint density at radius 3 is 1.79 bits per heavy atom. The van der Waals surface area contributed by atoms with Gasteiger partial charge in [0.25, 0.3) is 0 Å². The SMILES string of the molecule is O=C([O-])CC(O)(CC(=O)O)C(=O)O.[Cu+]. The van der Waals surface area contributed by atoms with Gasteiger partial charge in [-0.3, -0.25) is 4.79 Å². The number of aliphatic hydroxyl groups is 1. The van der Waals surface area contributed by atoms with E-state index in [0.717, 1.165) is 0 Å². The van der Waals surface area contributed by atoms with Crippen LogP contribution in [-0.4, -0.2) is 38.8 Å². The van der Waals surface area contributed by atoms with E-state index in [1.807, 2.05) is 0 Å². The van der Waals surface area contributed by atoms with Crippen LogP contribution in [0.15, 0.2) is 0 Å². The van der Waals surface area contributed by atoms with E-state index in [1.54, 1.807) is 0 Å². The molecule has 84 valence electrons. The van der Waals surface area contributed by atoms with Crippen LogP contribution < -0.4 is 5.11 Å². The molecule has 0 aromatic carbocycles. The maximum atomic E-state index is 10.3. The average Bonchev–Trinajstić information content (AvgIpc) is 1.82. The number of aliphatic carboxylic acids is 3. The minimum atomic E-state index is -2.80. The summed E-state index contributed by atoms with van der Waals surface area (Å²) in [6.45, 7) is 0. The van der Waals surface area contributed by atoms with Crippen molar-refractivity contribution in [2.75, 3.05) is 0 Å². The summed E-state index contributed by atoms with van der Waals surface area (Å²) in [4.78, 5) is 30.3. The van der Waals surface area contributed by atoms with Gasteiger partial charge in [-0.2, -0.15) is 0 Å². The van der Waals surface area contributed by atoms with E-state index < -0.39 is 36.4 Å². The molecule has 0 rings (SSSR count). The van der Waals surface area contributed by atoms with Crippen molar-refractivity contribution < 1.29 is 51.9 Å². The average molecular weight is 255 g/mol. The van der Waals surface area contributed by atoms with E-state index in [-0.39, 0.29) is 17.1 Å². The van der Waals surface area contributed by atoms with Crippen LogP contribution in [0.5, 0.6) is 0 Å². The van der Waals surface area contributed by atoms with E-state index in [0.29, 0.717) is 0 Å². The van der Waals surface area contributed by atoms with Gasteiger partial charge in [0.05, 0.1) is 6.42 Å². The minimum Gasteiger partial charge on any atom is -0.550 e. The van der Waals surface area contributed by atoms with Crippen molar-refractivity contribution >= 4 is 17.9 Å². The summed E-state index contributed by atoms with van der Waals surface area (Å²) in [5.74, 6) is -5.34. The molecule has 0 fully saturated rings. The second-order valence-electron chi connectivity index (χ2n) is 2.46. The molecule has 0 heterocycles. The predicted molar refractivity (Wildman–Crippen MR) is 34.5 cm³/mol. The third-order valence-corrected chi connectivity index (χ3v) is 1.28. The second kappa shape index (κ2) is 5.58. The number of carboxylic acid groups (broad SMARTS) is 3. The molecule has 0 bridgehead atoms. The molecule has 0 aliphatic rings. The van der Waals surface area contributed by atoms with Crippen molar-refractivity contribution in [3.05, 3.63) is 0 Å². The molecular weight excluding hydrogens is 248 g/mol. The molecule has 0 radical (unpaired) electrons. The van der Waals surface area contributed by atoms with Gasteiger partial charge in [-0.05, 0) is 0 Å². The molecule has 0 saturated heterocycles. The summed E-state index contributed by atoms with van der Waals surface area (Å²) in [6, 6.07) is 0. The van der Waals surface area contributed by atoms with Crippen molar-refractivity contribution in [3.63, 3.8) is 0 Å². The molecule has 3 N–H and O–H groups in total. The van der Waals surface area contributed by atoms with Gasteiger partial charge in [-0.1, -0.05) is 0 Å². The van der Waals surface area contributed by atoms with E-state index in [4.69, 9.17) is 15.3 Å². The smallest absolute Gasteiger partial charge is 0.550 e. The van der Waals surface area contributed by atoms with Crippen molar-refractivity contribution in [1.82, 2.24) is 0 Å². The van der Waals surface area contributed by atoms with E-state index in [1.165, 1.54) is 0 Å². The van der Waals surface area contributed by atoms with Gasteiger partial charge < -0.3 is 25.2 Å². The van der Waals surface area contributed by atoms with E-state index in [9.17, 15) is 19.5 Å². The molecule has 0 aromatic heterocycles. The third-order valence-electron chi connectivity index (χ3n) is 1.28. The Morgan fingerprint density at radius 1 is 1.14 bits per heavy atom. The quantitative estimate of drug-likeness (QED) is 0.458. The molecule has 8 heteroatoms. The summed E-state index contributed by atoms with van der Waals surface area (Å²) in [6.07, 6.45) is -2.44. The molecule has 0 aromatic rings. The monoisotopic (exact) mass is 254 g/mol. The van der Waals surface area contributed by atoms with Crippen LogP contribution in [0.2, 0.25) is 0 Å². The normalized spacial score (nSPS) is 13.5. The zero-order valence-electron chi connectivity index (χ0n) is 6.69. The van der Waals surface area contributed by atoms with E-state index in [2.05, 4.69) is 0 Å². The zero-order chi connectivity index (χ0) is 10.6. The molecule has 0 aliphatic carbocycles. The fourth-order valence-corrected chi connectivity index (χ4v) is 0.703. The molecule has 0 amide bonds. The summed E-state index contributed by atoms with van der Waals surface area (Å²) in [5, 5.41) is 35.5. The Bertz CT molecular complexity index is 233. The van der Waals surface area contributed by atoms with Crippen LogP contribution in [-0.2, 0) is 31.5 Å². The number of hydrogen-bond acceptors (Lipinski definition) is 5. The number of rotatable bonds is 5. The molecule has 7 nitrogen and oxygen atoms in total. The Balaban J connectivity index is 0. The zero-order valence-corrected chi connectivity index (χ0v) is 7.63. The number of carbonyl (C=O) groups excluding carboxylic acids is 1. The summed E-state index contributed by atoms with van der Waals surface area (Å²) in [7, 11) is 0. The maximum Gasteiger partial charge on any atom is 1.00 e. The fraction of sp³-hybridized carbons (Fsp3) is 0.500. The van der Waals surface area contributed by atoms with Crippen molar-refractivity contribution in [1.29, 1.82) is 0 Å². The van der Waals surface area contributed by atoms with Crippen LogP contribution >= 0.6 is 0 Å². The van der Waals surface area contributed by atoms with Gasteiger partial charge in [0.15, 0.2) is 5.60 Å². The van der Waals surface area contributed by atoms with Crippen molar-refractivity contribution in [3.8, 4) is 0 Å². The molecule has 0 saturated carbocycles. The van der Waals surface area contributed by atoms with Crippen molar-refractivity contribution in [2.24, 2.45) is 0 Å². The third kappa shape index (κ3) is 4.80. The molecule has 14 heavy (non-hydrogen) atoms. The molecule has 0 aliphatic heterocycles. The predicted octanol–water partition coefficient (Wildman–Crippen LogP) is -2.59. The first-order valence-electron chi connectivity index (χ1n) is 3.15. The van der Waals surface area contributed by atoms with E-state index >= 15 is 0 Å². The Hall–Kier alpha value is -1.11. The van der Waals surface area contributed by atoms with Crippen LogP contribution in [0, 0.1) is 0 Å². The largest absolute Gasteiger partial charge is 1.00 e. The summed E-state index contributed by atoms with van der Waals surface area (Å²) >= 11 is 0. The van der Waals surface area contributed by atoms with Crippen molar-refractivity contribution in [2.45, 2.75) is 18.4 Å². The standard InChI is InChI=1S/C6H8O7.Cu/c7-3(8)1-6(13,5(11)12)2-4(9)10;/h13H,1-2H2,(H,7,8)(H,9,10)(H,11,12);/q;+1/p-1. The summed E-state index contributed by atoms with van der Waals surface area (Å²) < 4.78 is 0. The van der Waals surface area contributed by atoms with Crippen LogP contribution in [0.3, 0.4) is 0 Å². The first kappa shape index (κ1) is 15.4. The van der Waals surface area contributed by atoms with Crippen LogP contribution in [0.25, 0.3) is 0 Å². The molecular formula is C6H7CuO7. The number of carbonyl (C=O) groups is 3. The fourth-order valence-electron chi connectivity index (χ4n) is 0.703. The maximum absolute atomic E-state index is 10.3. The first-order chi connectivity index (χ1) is 5.78. The van der Waals surface area contributed by atoms with Gasteiger partial charge in [0.2, 0.25) is 0 Å². The minimum absolute atomic E-state index is 0. The molecule has 1 atom stereocenters. The Morgan fingerprint density at radius 2 is 1.57 bits per heavy atom. The summed E-state index contributed by atoms with van der Waals surface area (Å²) in [5.41, 5.74) is -2.80. The van der Waals surface area contributed by atoms with Gasteiger partial charge in [-0.25, -0.2) is 4.79 Å². The van der Waals surface area contributed by atoms with Crippen LogP contribution in [0.4, 0.5) is 0 Å². The van der Waals surface area contributed by atoms with Crippen LogP contribution in [0.1, 0.15) is 12.8 Å². The molecule has 0 spiro atoms. The first-order valence-corrected chi connectivity index (χ1v) is 3.15. The molecule has 1 unspecified atom stereocenters. The Labute approximate surface area is 88.8 Å². The number of hydrogen-bond donors (Lipinski definition) is 3. The van der Waals surface area contributed by atoms with Gasteiger partial charge in [0.1, 0.15) is 0 Å². The second-order valence-corrected chi connectivity index (χ2v) is 2.46. The topological polar surface area (TPSA) is 135 Å². The van der Waals surface area contributed by atoms with Gasteiger partial charge >= 0.3 is 29.0 Å². The number of carboxylic acids is 3. The van der Waals surface area contributed by atoms with Gasteiger partial charge in [0, 0.05) is 12.4 Å².